The van der Waals surface area contributed by atoms with Crippen molar-refractivity contribution in [1.29, 1.82) is 0 Å². The normalized spacial score (nSPS) is 30.3. The lowest BCUT2D eigenvalue weighted by Gasteiger charge is -2.38. The lowest BCUT2D eigenvalue weighted by atomic mass is 9.76. The van der Waals surface area contributed by atoms with E-state index in [2.05, 4.69) is 17.0 Å². The van der Waals surface area contributed by atoms with Crippen LogP contribution in [0.5, 0.6) is 0 Å². The lowest BCUT2D eigenvalue weighted by molar-refractivity contribution is -0.103. The Morgan fingerprint density at radius 3 is 2.78 bits per heavy atom. The first-order valence-corrected chi connectivity index (χ1v) is 6.82. The molecule has 5 heteroatoms. The summed E-state index contributed by atoms with van der Waals surface area (Å²) in [6, 6.07) is 0. The Hall–Kier alpha value is -0.940. The summed E-state index contributed by atoms with van der Waals surface area (Å²) in [5.74, 6) is 1.40. The maximum absolute atomic E-state index is 10.5. The molecule has 102 valence electrons. The van der Waals surface area contributed by atoms with Crippen LogP contribution in [0.3, 0.4) is 0 Å². The van der Waals surface area contributed by atoms with Gasteiger partial charge in [0.1, 0.15) is 12.2 Å². The largest absolute Gasteiger partial charge is 0.390 e. The minimum Gasteiger partial charge on any atom is -0.390 e. The SMILES string of the molecule is CCn1ncnc1CC(O)C1(O)CCC(C)CC1. The molecule has 0 aromatic carbocycles. The third-order valence-electron chi connectivity index (χ3n) is 4.13. The molecule has 1 fully saturated rings. The number of aliphatic hydroxyl groups is 2. The number of aryl methyl sites for hydroxylation is 1. The van der Waals surface area contributed by atoms with Crippen LogP contribution in [0, 0.1) is 5.92 Å². The molecular formula is C13H23N3O2. The summed E-state index contributed by atoms with van der Waals surface area (Å²) in [4.78, 5) is 4.15. The van der Waals surface area contributed by atoms with Gasteiger partial charge in [-0.1, -0.05) is 6.92 Å². The molecule has 5 nitrogen and oxygen atoms in total. The molecule has 0 bridgehead atoms. The van der Waals surface area contributed by atoms with Crippen molar-refractivity contribution in [3.8, 4) is 0 Å². The van der Waals surface area contributed by atoms with Gasteiger partial charge in [0.25, 0.3) is 0 Å². The van der Waals surface area contributed by atoms with Gasteiger partial charge in [0.05, 0.1) is 11.7 Å². The third-order valence-corrected chi connectivity index (χ3v) is 4.13. The predicted molar refractivity (Wildman–Crippen MR) is 68.0 cm³/mol. The highest BCUT2D eigenvalue weighted by Gasteiger charge is 2.39. The van der Waals surface area contributed by atoms with Gasteiger partial charge < -0.3 is 10.2 Å². The van der Waals surface area contributed by atoms with Crippen LogP contribution in [0.1, 0.15) is 45.4 Å². The van der Waals surface area contributed by atoms with Crippen LogP contribution < -0.4 is 0 Å². The van der Waals surface area contributed by atoms with Gasteiger partial charge in [-0.15, -0.1) is 0 Å². The van der Waals surface area contributed by atoms with Crippen LogP contribution in [0.2, 0.25) is 0 Å². The number of hydrogen-bond donors (Lipinski definition) is 2. The minimum absolute atomic E-state index is 0.374. The second kappa shape index (κ2) is 5.36. The van der Waals surface area contributed by atoms with Crippen LogP contribution in [-0.2, 0) is 13.0 Å². The Morgan fingerprint density at radius 2 is 2.17 bits per heavy atom. The van der Waals surface area contributed by atoms with Crippen LogP contribution in [0.15, 0.2) is 6.33 Å². The van der Waals surface area contributed by atoms with Crippen molar-refractivity contribution in [2.75, 3.05) is 0 Å². The smallest absolute Gasteiger partial charge is 0.138 e. The first-order chi connectivity index (χ1) is 8.55. The quantitative estimate of drug-likeness (QED) is 0.844. The van der Waals surface area contributed by atoms with Crippen molar-refractivity contribution < 1.29 is 10.2 Å². The fourth-order valence-electron chi connectivity index (χ4n) is 2.67. The molecule has 1 heterocycles. The van der Waals surface area contributed by atoms with Gasteiger partial charge in [0.2, 0.25) is 0 Å². The van der Waals surface area contributed by atoms with Crippen molar-refractivity contribution in [2.24, 2.45) is 5.92 Å². The topological polar surface area (TPSA) is 71.2 Å². The van der Waals surface area contributed by atoms with E-state index in [-0.39, 0.29) is 0 Å². The molecule has 0 amide bonds. The van der Waals surface area contributed by atoms with Crippen LogP contribution in [0.25, 0.3) is 0 Å². The standard InChI is InChI=1S/C13H23N3O2/c1-3-16-12(14-9-15-16)8-11(17)13(18)6-4-10(2)5-7-13/h9-11,17-18H,3-8H2,1-2H3. The first-order valence-electron chi connectivity index (χ1n) is 6.82. The van der Waals surface area contributed by atoms with E-state index in [9.17, 15) is 10.2 Å². The fraction of sp³-hybridized carbons (Fsp3) is 0.846. The lowest BCUT2D eigenvalue weighted by Crippen LogP contribution is -2.46. The molecule has 1 aromatic rings. The summed E-state index contributed by atoms with van der Waals surface area (Å²) in [6.07, 6.45) is 4.43. The second-order valence-corrected chi connectivity index (χ2v) is 5.50. The van der Waals surface area contributed by atoms with E-state index in [1.54, 1.807) is 4.68 Å². The van der Waals surface area contributed by atoms with Gasteiger partial charge in [-0.3, -0.25) is 4.68 Å². The Labute approximate surface area is 108 Å². The summed E-state index contributed by atoms with van der Waals surface area (Å²) in [5, 5.41) is 24.9. The Kier molecular flexibility index (Phi) is 4.02. The molecule has 1 aromatic heterocycles. The van der Waals surface area contributed by atoms with Crippen molar-refractivity contribution in [2.45, 2.75) is 64.2 Å². The average molecular weight is 253 g/mol. The predicted octanol–water partition coefficient (Wildman–Crippen LogP) is 1.14. The maximum Gasteiger partial charge on any atom is 0.138 e. The van der Waals surface area contributed by atoms with Gasteiger partial charge >= 0.3 is 0 Å². The minimum atomic E-state index is -0.947. The number of aliphatic hydroxyl groups excluding tert-OH is 1. The summed E-state index contributed by atoms with van der Waals surface area (Å²) in [7, 11) is 0. The fourth-order valence-corrected chi connectivity index (χ4v) is 2.67. The molecule has 1 saturated carbocycles. The van der Waals surface area contributed by atoms with E-state index in [1.165, 1.54) is 6.33 Å². The summed E-state index contributed by atoms with van der Waals surface area (Å²) >= 11 is 0. The van der Waals surface area contributed by atoms with Gasteiger partial charge in [-0.05, 0) is 38.5 Å². The van der Waals surface area contributed by atoms with E-state index in [1.807, 2.05) is 6.92 Å². The summed E-state index contributed by atoms with van der Waals surface area (Å²) in [6.45, 7) is 4.92. The number of aromatic nitrogens is 3. The zero-order chi connectivity index (χ0) is 13.2. The summed E-state index contributed by atoms with van der Waals surface area (Å²) in [5.41, 5.74) is -0.947. The highest BCUT2D eigenvalue weighted by Crippen LogP contribution is 2.35. The zero-order valence-electron chi connectivity index (χ0n) is 11.2. The Morgan fingerprint density at radius 1 is 1.50 bits per heavy atom. The maximum atomic E-state index is 10.5. The molecule has 0 aliphatic heterocycles. The van der Waals surface area contributed by atoms with Gasteiger partial charge in [0, 0.05) is 13.0 Å². The van der Waals surface area contributed by atoms with Gasteiger partial charge in [-0.2, -0.15) is 5.10 Å². The molecule has 2 rings (SSSR count). The van der Waals surface area contributed by atoms with Crippen LogP contribution in [-0.4, -0.2) is 36.7 Å². The van der Waals surface area contributed by atoms with Crippen molar-refractivity contribution in [1.82, 2.24) is 14.8 Å². The zero-order valence-corrected chi connectivity index (χ0v) is 11.2. The van der Waals surface area contributed by atoms with Gasteiger partial charge in [0.15, 0.2) is 0 Å². The molecule has 1 unspecified atom stereocenters. The van der Waals surface area contributed by atoms with Crippen LogP contribution in [0.4, 0.5) is 0 Å². The first kappa shape index (κ1) is 13.5. The van der Waals surface area contributed by atoms with Crippen molar-refractivity contribution in [3.63, 3.8) is 0 Å². The molecule has 1 aliphatic rings. The van der Waals surface area contributed by atoms with E-state index in [0.717, 1.165) is 25.2 Å². The highest BCUT2D eigenvalue weighted by molar-refractivity contribution is 4.97. The number of hydrogen-bond acceptors (Lipinski definition) is 4. The molecule has 0 spiro atoms. The van der Waals surface area contributed by atoms with E-state index in [0.29, 0.717) is 25.2 Å². The van der Waals surface area contributed by atoms with Crippen LogP contribution >= 0.6 is 0 Å². The van der Waals surface area contributed by atoms with Gasteiger partial charge in [-0.25, -0.2) is 4.98 Å². The average Bonchev–Trinajstić information content (AvgIpc) is 2.80. The van der Waals surface area contributed by atoms with E-state index in [4.69, 9.17) is 0 Å². The third kappa shape index (κ3) is 2.72. The van der Waals surface area contributed by atoms with Crippen molar-refractivity contribution >= 4 is 0 Å². The molecule has 18 heavy (non-hydrogen) atoms. The van der Waals surface area contributed by atoms with Crippen molar-refractivity contribution in [3.05, 3.63) is 12.2 Å². The molecule has 1 atom stereocenters. The Balaban J connectivity index is 2.01. The molecular weight excluding hydrogens is 230 g/mol. The van der Waals surface area contributed by atoms with E-state index >= 15 is 0 Å². The Bertz CT molecular complexity index is 383. The second-order valence-electron chi connectivity index (χ2n) is 5.50. The number of nitrogens with zero attached hydrogens (tertiary/aromatic N) is 3. The summed E-state index contributed by atoms with van der Waals surface area (Å²) < 4.78 is 1.76. The molecule has 2 N–H and O–H groups in total. The molecule has 0 saturated heterocycles. The molecule has 0 radical (unpaired) electrons. The number of rotatable bonds is 4. The monoisotopic (exact) mass is 253 g/mol. The highest BCUT2D eigenvalue weighted by atomic mass is 16.3. The van der Waals surface area contributed by atoms with E-state index < -0.39 is 11.7 Å². The molecule has 1 aliphatic carbocycles.